The molecule has 6 heteroatoms. The van der Waals surface area contributed by atoms with Gasteiger partial charge in [0, 0.05) is 22.7 Å². The average Bonchev–Trinajstić information content (AvgIpc) is 2.50. The molecule has 0 radical (unpaired) electrons. The van der Waals surface area contributed by atoms with E-state index in [9.17, 15) is 20.2 Å². The molecule has 5 nitrogen and oxygen atoms in total. The standard InChI is InChI=1S/C15H9ClN2O3/c16-14-7-2-1-6-12(14)13(9-17)15(19)10-4-3-5-11(8-10)18(20)21/h1-8,13H. The fraction of sp³-hybridized carbons (Fsp3) is 0.0667. The summed E-state index contributed by atoms with van der Waals surface area (Å²) in [5.74, 6) is -1.62. The summed E-state index contributed by atoms with van der Waals surface area (Å²) >= 11 is 6.00. The summed E-state index contributed by atoms with van der Waals surface area (Å²) in [5, 5.41) is 20.3. The van der Waals surface area contributed by atoms with Gasteiger partial charge in [0.15, 0.2) is 5.78 Å². The van der Waals surface area contributed by atoms with Gasteiger partial charge in [0.2, 0.25) is 0 Å². The molecule has 21 heavy (non-hydrogen) atoms. The number of ketones is 1. The van der Waals surface area contributed by atoms with Crippen molar-refractivity contribution in [1.29, 1.82) is 5.26 Å². The Morgan fingerprint density at radius 1 is 1.24 bits per heavy atom. The van der Waals surface area contributed by atoms with Crippen molar-refractivity contribution in [3.63, 3.8) is 0 Å². The molecule has 0 heterocycles. The fourth-order valence-corrected chi connectivity index (χ4v) is 2.16. The van der Waals surface area contributed by atoms with Crippen LogP contribution in [0.25, 0.3) is 0 Å². The van der Waals surface area contributed by atoms with Gasteiger partial charge in [-0.1, -0.05) is 41.9 Å². The van der Waals surface area contributed by atoms with Crippen molar-refractivity contribution >= 4 is 23.1 Å². The predicted molar refractivity (Wildman–Crippen MR) is 77.2 cm³/mol. The molecule has 2 aromatic carbocycles. The van der Waals surface area contributed by atoms with Crippen LogP contribution in [0.1, 0.15) is 21.8 Å². The van der Waals surface area contributed by atoms with E-state index in [0.29, 0.717) is 10.6 Å². The van der Waals surface area contributed by atoms with E-state index in [2.05, 4.69) is 0 Å². The molecule has 0 spiro atoms. The van der Waals surface area contributed by atoms with E-state index in [0.717, 1.165) is 6.07 Å². The first kappa shape index (κ1) is 14.7. The van der Waals surface area contributed by atoms with Crippen LogP contribution >= 0.6 is 11.6 Å². The highest BCUT2D eigenvalue weighted by atomic mass is 35.5. The number of non-ortho nitro benzene ring substituents is 1. The maximum absolute atomic E-state index is 12.4. The number of nitro benzene ring substituents is 1. The molecular formula is C15H9ClN2O3. The molecule has 0 saturated carbocycles. The lowest BCUT2D eigenvalue weighted by atomic mass is 9.91. The van der Waals surface area contributed by atoms with Crippen molar-refractivity contribution in [1.82, 2.24) is 0 Å². The maximum Gasteiger partial charge on any atom is 0.270 e. The largest absolute Gasteiger partial charge is 0.292 e. The number of nitriles is 1. The summed E-state index contributed by atoms with van der Waals surface area (Å²) < 4.78 is 0. The summed E-state index contributed by atoms with van der Waals surface area (Å²) in [5.41, 5.74) is 0.297. The highest BCUT2D eigenvalue weighted by Crippen LogP contribution is 2.28. The van der Waals surface area contributed by atoms with Gasteiger partial charge in [-0.3, -0.25) is 14.9 Å². The van der Waals surface area contributed by atoms with Crippen LogP contribution in [0.2, 0.25) is 5.02 Å². The number of rotatable bonds is 4. The number of halogens is 1. The minimum atomic E-state index is -1.10. The summed E-state index contributed by atoms with van der Waals surface area (Å²) in [7, 11) is 0. The van der Waals surface area contributed by atoms with Crippen LogP contribution < -0.4 is 0 Å². The van der Waals surface area contributed by atoms with Crippen molar-refractivity contribution in [3.8, 4) is 6.07 Å². The smallest absolute Gasteiger partial charge is 0.270 e. The van der Waals surface area contributed by atoms with Crippen LogP contribution in [-0.4, -0.2) is 10.7 Å². The number of hydrogen-bond donors (Lipinski definition) is 0. The Morgan fingerprint density at radius 2 is 1.95 bits per heavy atom. The highest BCUT2D eigenvalue weighted by molar-refractivity contribution is 6.31. The van der Waals surface area contributed by atoms with Crippen LogP contribution in [0.15, 0.2) is 48.5 Å². The number of carbonyl (C=O) groups is 1. The van der Waals surface area contributed by atoms with Gasteiger partial charge in [0.05, 0.1) is 11.0 Å². The van der Waals surface area contributed by atoms with Gasteiger partial charge in [0.1, 0.15) is 5.92 Å². The van der Waals surface area contributed by atoms with Crippen LogP contribution in [0, 0.1) is 21.4 Å². The molecule has 1 unspecified atom stereocenters. The molecular weight excluding hydrogens is 292 g/mol. The Labute approximate surface area is 125 Å². The van der Waals surface area contributed by atoms with Gasteiger partial charge in [-0.05, 0) is 11.6 Å². The average molecular weight is 301 g/mol. The van der Waals surface area contributed by atoms with E-state index in [4.69, 9.17) is 11.6 Å². The first-order valence-electron chi connectivity index (χ1n) is 5.97. The summed E-state index contributed by atoms with van der Waals surface area (Å²) in [6.45, 7) is 0. The van der Waals surface area contributed by atoms with E-state index < -0.39 is 16.6 Å². The Balaban J connectivity index is 2.43. The molecule has 0 aliphatic heterocycles. The number of Topliss-reactive ketones (excluding diaryl/α,β-unsaturated/α-hetero) is 1. The number of carbonyl (C=O) groups excluding carboxylic acids is 1. The minimum absolute atomic E-state index is 0.107. The van der Waals surface area contributed by atoms with Gasteiger partial charge in [0.25, 0.3) is 5.69 Å². The fourth-order valence-electron chi connectivity index (χ4n) is 1.92. The number of benzene rings is 2. The predicted octanol–water partition coefficient (Wildman–Crippen LogP) is 3.74. The minimum Gasteiger partial charge on any atom is -0.292 e. The van der Waals surface area contributed by atoms with Gasteiger partial charge in [-0.25, -0.2) is 0 Å². The number of nitro groups is 1. The van der Waals surface area contributed by atoms with E-state index in [-0.39, 0.29) is 11.3 Å². The van der Waals surface area contributed by atoms with Crippen molar-refractivity contribution in [2.45, 2.75) is 5.92 Å². The second-order valence-electron chi connectivity index (χ2n) is 4.26. The van der Waals surface area contributed by atoms with E-state index in [1.54, 1.807) is 24.3 Å². The molecule has 0 aromatic heterocycles. The Morgan fingerprint density at radius 3 is 2.57 bits per heavy atom. The van der Waals surface area contributed by atoms with Crippen molar-refractivity contribution in [2.75, 3.05) is 0 Å². The van der Waals surface area contributed by atoms with Crippen LogP contribution in [-0.2, 0) is 0 Å². The first-order valence-corrected chi connectivity index (χ1v) is 6.35. The van der Waals surface area contributed by atoms with Crippen LogP contribution in [0.5, 0.6) is 0 Å². The summed E-state index contributed by atoms with van der Waals surface area (Å²) in [6, 6.07) is 13.7. The topological polar surface area (TPSA) is 84.0 Å². The van der Waals surface area contributed by atoms with Gasteiger partial charge < -0.3 is 0 Å². The van der Waals surface area contributed by atoms with Crippen LogP contribution in [0.4, 0.5) is 5.69 Å². The van der Waals surface area contributed by atoms with E-state index >= 15 is 0 Å². The zero-order valence-corrected chi connectivity index (χ0v) is 11.4. The molecule has 104 valence electrons. The summed E-state index contributed by atoms with van der Waals surface area (Å²) in [4.78, 5) is 22.6. The Hall–Kier alpha value is -2.71. The van der Waals surface area contributed by atoms with Crippen molar-refractivity contribution < 1.29 is 9.72 Å². The molecule has 2 rings (SSSR count). The lowest BCUT2D eigenvalue weighted by Gasteiger charge is -2.10. The van der Waals surface area contributed by atoms with Crippen molar-refractivity contribution in [2.24, 2.45) is 0 Å². The first-order chi connectivity index (χ1) is 10.0. The highest BCUT2D eigenvalue weighted by Gasteiger charge is 2.24. The third kappa shape index (κ3) is 3.07. The van der Waals surface area contributed by atoms with E-state index in [1.165, 1.54) is 18.2 Å². The molecule has 0 aliphatic rings. The maximum atomic E-state index is 12.4. The Bertz CT molecular complexity index is 753. The van der Waals surface area contributed by atoms with Crippen molar-refractivity contribution in [3.05, 3.63) is 74.8 Å². The normalized spacial score (nSPS) is 11.4. The lowest BCUT2D eigenvalue weighted by Crippen LogP contribution is -2.12. The van der Waals surface area contributed by atoms with Gasteiger partial charge in [-0.2, -0.15) is 5.26 Å². The second kappa shape index (κ2) is 6.16. The molecule has 0 aliphatic carbocycles. The van der Waals surface area contributed by atoms with Crippen LogP contribution in [0.3, 0.4) is 0 Å². The van der Waals surface area contributed by atoms with Gasteiger partial charge in [-0.15, -0.1) is 0 Å². The lowest BCUT2D eigenvalue weighted by molar-refractivity contribution is -0.384. The Kier molecular flexibility index (Phi) is 4.31. The zero-order valence-electron chi connectivity index (χ0n) is 10.7. The SMILES string of the molecule is N#CC(C(=O)c1cccc([N+](=O)[O-])c1)c1ccccc1Cl. The zero-order chi connectivity index (χ0) is 15.4. The van der Waals surface area contributed by atoms with Gasteiger partial charge >= 0.3 is 0 Å². The molecule has 0 amide bonds. The molecule has 2 aromatic rings. The molecule has 1 atom stereocenters. The quantitative estimate of drug-likeness (QED) is 0.489. The number of nitrogens with zero attached hydrogens (tertiary/aromatic N) is 2. The third-order valence-electron chi connectivity index (χ3n) is 2.95. The molecule has 0 fully saturated rings. The molecule has 0 bridgehead atoms. The second-order valence-corrected chi connectivity index (χ2v) is 4.66. The summed E-state index contributed by atoms with van der Waals surface area (Å²) in [6.07, 6.45) is 0. The van der Waals surface area contributed by atoms with E-state index in [1.807, 2.05) is 6.07 Å². The molecule has 0 saturated heterocycles. The monoisotopic (exact) mass is 300 g/mol. The molecule has 0 N–H and O–H groups in total. The third-order valence-corrected chi connectivity index (χ3v) is 3.29. The number of hydrogen-bond acceptors (Lipinski definition) is 4.